The molecular formula is C21H20NO+. The van der Waals surface area contributed by atoms with E-state index in [4.69, 9.17) is 4.74 Å². The van der Waals surface area contributed by atoms with Crippen LogP contribution in [0.4, 0.5) is 0 Å². The Labute approximate surface area is 136 Å². The monoisotopic (exact) mass is 302 g/mol. The van der Waals surface area contributed by atoms with Gasteiger partial charge in [0.2, 0.25) is 11.2 Å². The first-order valence-corrected chi connectivity index (χ1v) is 8.28. The molecule has 2 heterocycles. The average Bonchev–Trinajstić information content (AvgIpc) is 3.27. The molecule has 1 aromatic heterocycles. The summed E-state index contributed by atoms with van der Waals surface area (Å²) in [4.78, 5) is 0. The fourth-order valence-corrected chi connectivity index (χ4v) is 4.60. The lowest BCUT2D eigenvalue weighted by atomic mass is 9.90. The van der Waals surface area contributed by atoms with Crippen molar-refractivity contribution in [1.82, 2.24) is 0 Å². The first-order valence-electron chi connectivity index (χ1n) is 8.28. The number of para-hydroxylation sites is 1. The van der Waals surface area contributed by atoms with E-state index in [1.807, 2.05) is 7.11 Å². The van der Waals surface area contributed by atoms with Crippen LogP contribution < -0.4 is 4.57 Å². The number of ether oxygens (including phenoxy) is 1. The van der Waals surface area contributed by atoms with Crippen LogP contribution in [0, 0.1) is 13.8 Å². The largest absolute Gasteiger partial charge is 0.374 e. The van der Waals surface area contributed by atoms with Gasteiger partial charge < -0.3 is 4.74 Å². The number of benzene rings is 2. The number of nitrogens with zero attached hydrogens (tertiary/aromatic N) is 1. The van der Waals surface area contributed by atoms with Gasteiger partial charge in [0.1, 0.15) is 6.10 Å². The van der Waals surface area contributed by atoms with Crippen molar-refractivity contribution in [3.05, 3.63) is 65.2 Å². The van der Waals surface area contributed by atoms with Gasteiger partial charge in [0, 0.05) is 24.6 Å². The van der Waals surface area contributed by atoms with Crippen LogP contribution in [-0.4, -0.2) is 13.2 Å². The Hall–Kier alpha value is -2.19. The van der Waals surface area contributed by atoms with Crippen molar-refractivity contribution < 1.29 is 9.30 Å². The van der Waals surface area contributed by atoms with Crippen molar-refractivity contribution in [2.45, 2.75) is 31.9 Å². The van der Waals surface area contributed by atoms with Crippen molar-refractivity contribution in [3.8, 4) is 11.3 Å². The molecular weight excluding hydrogens is 282 g/mol. The number of hydrogen-bond donors (Lipinski definition) is 0. The Balaban J connectivity index is 1.91. The molecule has 2 unspecified atom stereocenters. The van der Waals surface area contributed by atoms with Gasteiger partial charge in [-0.25, -0.2) is 0 Å². The van der Waals surface area contributed by atoms with Gasteiger partial charge in [0.25, 0.3) is 0 Å². The summed E-state index contributed by atoms with van der Waals surface area (Å²) in [5.74, 6) is 0.485. The predicted octanol–water partition coefficient (Wildman–Crippen LogP) is 4.08. The van der Waals surface area contributed by atoms with E-state index in [-0.39, 0.29) is 6.10 Å². The Morgan fingerprint density at radius 1 is 1.00 bits per heavy atom. The standard InChI is InChI=1S/C21H20NO/c1-12-10-13(2)18-15(11-12)17-9-8-14-6-4-5-7-16(14)22(17)20-19(18)21(20)23-3/h4-11,19-21H,1-3H3/q+1/t19?,20?,21-/m1/s1. The lowest BCUT2D eigenvalue weighted by Crippen LogP contribution is -2.40. The van der Waals surface area contributed by atoms with Crippen LogP contribution in [0.25, 0.3) is 22.2 Å². The van der Waals surface area contributed by atoms with Gasteiger partial charge in [0.15, 0.2) is 6.04 Å². The van der Waals surface area contributed by atoms with Gasteiger partial charge in [-0.05, 0) is 43.2 Å². The van der Waals surface area contributed by atoms with Gasteiger partial charge >= 0.3 is 0 Å². The van der Waals surface area contributed by atoms with Gasteiger partial charge in [-0.3, -0.25) is 0 Å². The van der Waals surface area contributed by atoms with Crippen molar-refractivity contribution in [3.63, 3.8) is 0 Å². The van der Waals surface area contributed by atoms with Gasteiger partial charge in [-0.15, -0.1) is 0 Å². The van der Waals surface area contributed by atoms with Crippen LogP contribution in [0.15, 0.2) is 48.5 Å². The number of fused-ring (bicyclic) bond motifs is 8. The van der Waals surface area contributed by atoms with E-state index in [0.717, 1.165) is 0 Å². The molecule has 3 atom stereocenters. The van der Waals surface area contributed by atoms with E-state index in [9.17, 15) is 0 Å². The minimum Gasteiger partial charge on any atom is -0.374 e. The van der Waals surface area contributed by atoms with E-state index in [1.165, 1.54) is 38.9 Å². The molecule has 2 nitrogen and oxygen atoms in total. The molecule has 2 heteroatoms. The van der Waals surface area contributed by atoms with Crippen LogP contribution in [0.2, 0.25) is 0 Å². The number of aromatic nitrogens is 1. The molecule has 1 aliphatic heterocycles. The lowest BCUT2D eigenvalue weighted by Gasteiger charge is -2.17. The molecule has 2 aliphatic rings. The van der Waals surface area contributed by atoms with Gasteiger partial charge in [-0.1, -0.05) is 23.8 Å². The van der Waals surface area contributed by atoms with Crippen molar-refractivity contribution >= 4 is 10.9 Å². The zero-order valence-corrected chi connectivity index (χ0v) is 13.7. The van der Waals surface area contributed by atoms with Crippen LogP contribution in [0.1, 0.15) is 28.7 Å². The molecule has 1 saturated carbocycles. The SMILES string of the molecule is CO[C@@H]1C2c3c(C)cc(C)cc3-c3ccc4ccccc4[n+]3C21. The second-order valence-corrected chi connectivity index (χ2v) is 6.91. The number of methoxy groups -OCH3 is 1. The molecule has 0 bridgehead atoms. The summed E-state index contributed by atoms with van der Waals surface area (Å²) in [6, 6.07) is 18.3. The first-order chi connectivity index (χ1) is 11.2. The Morgan fingerprint density at radius 3 is 2.65 bits per heavy atom. The zero-order valence-electron chi connectivity index (χ0n) is 13.7. The number of aryl methyl sites for hydroxylation is 2. The zero-order chi connectivity index (χ0) is 15.7. The van der Waals surface area contributed by atoms with E-state index >= 15 is 0 Å². The highest BCUT2D eigenvalue weighted by molar-refractivity contribution is 5.79. The fourth-order valence-electron chi connectivity index (χ4n) is 4.60. The molecule has 0 spiro atoms. The Bertz CT molecular complexity index is 959. The smallest absolute Gasteiger partial charge is 0.213 e. The minimum atomic E-state index is 0.284. The van der Waals surface area contributed by atoms with Gasteiger partial charge in [-0.2, -0.15) is 4.57 Å². The maximum absolute atomic E-state index is 5.84. The number of pyridine rings is 1. The highest BCUT2D eigenvalue weighted by Crippen LogP contribution is 2.57. The molecule has 114 valence electrons. The van der Waals surface area contributed by atoms with Crippen LogP contribution in [0.3, 0.4) is 0 Å². The third kappa shape index (κ3) is 1.64. The average molecular weight is 302 g/mol. The summed E-state index contributed by atoms with van der Waals surface area (Å²) in [7, 11) is 1.84. The third-order valence-corrected chi connectivity index (χ3v) is 5.50. The summed E-state index contributed by atoms with van der Waals surface area (Å²) < 4.78 is 8.34. The highest BCUT2D eigenvalue weighted by atomic mass is 16.5. The maximum Gasteiger partial charge on any atom is 0.213 e. The van der Waals surface area contributed by atoms with E-state index in [0.29, 0.717) is 12.0 Å². The van der Waals surface area contributed by atoms with Crippen molar-refractivity contribution in [1.29, 1.82) is 0 Å². The topological polar surface area (TPSA) is 13.1 Å². The summed E-state index contributed by atoms with van der Waals surface area (Å²) >= 11 is 0. The number of hydrogen-bond acceptors (Lipinski definition) is 1. The Morgan fingerprint density at radius 2 is 1.83 bits per heavy atom. The summed E-state index contributed by atoms with van der Waals surface area (Å²) in [5.41, 5.74) is 8.23. The van der Waals surface area contributed by atoms with E-state index < -0.39 is 0 Å². The van der Waals surface area contributed by atoms with Crippen molar-refractivity contribution in [2.24, 2.45) is 0 Å². The number of rotatable bonds is 1. The molecule has 3 aromatic rings. The minimum absolute atomic E-state index is 0.284. The van der Waals surface area contributed by atoms with E-state index in [1.54, 1.807) is 0 Å². The van der Waals surface area contributed by atoms with Crippen LogP contribution in [-0.2, 0) is 4.74 Å². The molecule has 2 aromatic carbocycles. The Kier molecular flexibility index (Phi) is 2.55. The molecule has 1 fully saturated rings. The third-order valence-electron chi connectivity index (χ3n) is 5.50. The highest BCUT2D eigenvalue weighted by Gasteiger charge is 2.64. The molecule has 0 saturated heterocycles. The molecule has 1 aliphatic carbocycles. The summed E-state index contributed by atoms with van der Waals surface area (Å²) in [6.07, 6.45) is 0.284. The van der Waals surface area contributed by atoms with E-state index in [2.05, 4.69) is 66.9 Å². The molecule has 0 radical (unpaired) electrons. The summed E-state index contributed by atoms with van der Waals surface area (Å²) in [5, 5.41) is 1.30. The fraction of sp³-hybridized carbons (Fsp3) is 0.286. The second kappa shape index (κ2) is 4.42. The quantitative estimate of drug-likeness (QED) is 0.617. The second-order valence-electron chi connectivity index (χ2n) is 6.91. The lowest BCUT2D eigenvalue weighted by molar-refractivity contribution is -0.670. The molecule has 23 heavy (non-hydrogen) atoms. The van der Waals surface area contributed by atoms with Crippen LogP contribution >= 0.6 is 0 Å². The molecule has 0 amide bonds. The first kappa shape index (κ1) is 13.3. The van der Waals surface area contributed by atoms with Crippen molar-refractivity contribution in [2.75, 3.05) is 7.11 Å². The maximum atomic E-state index is 5.84. The van der Waals surface area contributed by atoms with Gasteiger partial charge in [0.05, 0.1) is 11.5 Å². The predicted molar refractivity (Wildman–Crippen MR) is 91.6 cm³/mol. The molecule has 0 N–H and O–H groups in total. The van der Waals surface area contributed by atoms with Crippen LogP contribution in [0.5, 0.6) is 0 Å². The molecule has 5 rings (SSSR count). The normalized spacial score (nSPS) is 24.0. The summed E-state index contributed by atoms with van der Waals surface area (Å²) in [6.45, 7) is 4.43.